The van der Waals surface area contributed by atoms with E-state index in [1.54, 1.807) is 31.4 Å². The Labute approximate surface area is 184 Å². The Kier molecular flexibility index (Phi) is 5.59. The summed E-state index contributed by atoms with van der Waals surface area (Å²) in [5, 5.41) is 9.53. The molecule has 6 nitrogen and oxygen atoms in total. The predicted octanol–water partition coefficient (Wildman–Crippen LogP) is 4.27. The zero-order chi connectivity index (χ0) is 21.5. The Hall–Kier alpha value is -2.38. The van der Waals surface area contributed by atoms with E-state index in [-0.39, 0.29) is 17.9 Å². The van der Waals surface area contributed by atoms with E-state index >= 15 is 0 Å². The molecule has 4 rings (SSSR count). The van der Waals surface area contributed by atoms with Gasteiger partial charge in [0.2, 0.25) is 11.8 Å². The van der Waals surface area contributed by atoms with Gasteiger partial charge in [-0.25, -0.2) is 0 Å². The van der Waals surface area contributed by atoms with Gasteiger partial charge in [-0.3, -0.25) is 14.9 Å². The molecule has 2 aromatic carbocycles. The van der Waals surface area contributed by atoms with E-state index in [9.17, 15) is 9.59 Å². The second-order valence-electron chi connectivity index (χ2n) is 8.43. The van der Waals surface area contributed by atoms with Crippen molar-refractivity contribution in [2.24, 2.45) is 11.8 Å². The summed E-state index contributed by atoms with van der Waals surface area (Å²) in [7, 11) is 1.60. The van der Waals surface area contributed by atoms with E-state index in [1.165, 1.54) is 0 Å². The van der Waals surface area contributed by atoms with E-state index in [2.05, 4.69) is 45.7 Å². The van der Waals surface area contributed by atoms with Gasteiger partial charge in [0.15, 0.2) is 0 Å². The number of benzene rings is 2. The smallest absolute Gasteiger partial charge is 0.250 e. The molecule has 0 bridgehead atoms. The number of carbonyl (C=O) groups is 2. The first kappa shape index (κ1) is 20.9. The van der Waals surface area contributed by atoms with Gasteiger partial charge in [0.05, 0.1) is 13.0 Å². The van der Waals surface area contributed by atoms with Crippen LogP contribution in [0.5, 0.6) is 5.75 Å². The highest BCUT2D eigenvalue weighted by Crippen LogP contribution is 2.48. The lowest BCUT2D eigenvalue weighted by Crippen LogP contribution is -2.52. The quantitative estimate of drug-likeness (QED) is 0.608. The third-order valence-corrected chi connectivity index (χ3v) is 6.41. The van der Waals surface area contributed by atoms with Gasteiger partial charge >= 0.3 is 0 Å². The zero-order valence-electron chi connectivity index (χ0n) is 17.3. The summed E-state index contributed by atoms with van der Waals surface area (Å²) in [6.45, 7) is 4.30. The highest BCUT2D eigenvalue weighted by molar-refractivity contribution is 9.10. The first-order valence-corrected chi connectivity index (χ1v) is 11.0. The number of anilines is 2. The van der Waals surface area contributed by atoms with Crippen molar-refractivity contribution in [1.29, 1.82) is 0 Å². The lowest BCUT2D eigenvalue weighted by atomic mass is 9.79. The van der Waals surface area contributed by atoms with Gasteiger partial charge in [-0.05, 0) is 61.2 Å². The van der Waals surface area contributed by atoms with Gasteiger partial charge < -0.3 is 15.4 Å². The van der Waals surface area contributed by atoms with Crippen LogP contribution in [0.2, 0.25) is 0 Å². The van der Waals surface area contributed by atoms with Crippen molar-refractivity contribution in [3.63, 3.8) is 0 Å². The van der Waals surface area contributed by atoms with E-state index in [0.29, 0.717) is 18.0 Å². The summed E-state index contributed by atoms with van der Waals surface area (Å²) < 4.78 is 6.06. The van der Waals surface area contributed by atoms with Gasteiger partial charge in [0.1, 0.15) is 11.3 Å². The van der Waals surface area contributed by atoms with Crippen molar-refractivity contribution in [3.8, 4) is 5.75 Å². The maximum atomic E-state index is 13.4. The molecule has 0 saturated carbocycles. The fourth-order valence-corrected chi connectivity index (χ4v) is 5.02. The molecule has 2 heterocycles. The van der Waals surface area contributed by atoms with E-state index in [0.717, 1.165) is 27.9 Å². The Bertz CT molecular complexity index is 976. The van der Waals surface area contributed by atoms with Crippen molar-refractivity contribution in [3.05, 3.63) is 52.5 Å². The van der Waals surface area contributed by atoms with Crippen molar-refractivity contribution in [1.82, 2.24) is 5.32 Å². The summed E-state index contributed by atoms with van der Waals surface area (Å²) >= 11 is 3.52. The lowest BCUT2D eigenvalue weighted by Gasteiger charge is -2.29. The molecular weight excluding hydrogens is 446 g/mol. The molecule has 1 spiro atoms. The molecule has 30 heavy (non-hydrogen) atoms. The van der Waals surface area contributed by atoms with Gasteiger partial charge in [-0.1, -0.05) is 29.8 Å². The fourth-order valence-electron chi connectivity index (χ4n) is 4.66. The van der Waals surface area contributed by atoms with Crippen molar-refractivity contribution >= 4 is 39.1 Å². The summed E-state index contributed by atoms with van der Waals surface area (Å²) in [5.74, 6) is 0.310. The van der Waals surface area contributed by atoms with E-state index in [1.807, 2.05) is 18.2 Å². The molecule has 7 heteroatoms. The fraction of sp³-hybridized carbons (Fsp3) is 0.391. The molecule has 0 aromatic heterocycles. The summed E-state index contributed by atoms with van der Waals surface area (Å²) in [6, 6.07) is 13.0. The average Bonchev–Trinajstić information content (AvgIpc) is 3.21. The third kappa shape index (κ3) is 3.61. The summed E-state index contributed by atoms with van der Waals surface area (Å²) in [4.78, 5) is 26.7. The Morgan fingerprint density at radius 1 is 1.27 bits per heavy atom. The molecule has 0 unspecified atom stereocenters. The van der Waals surface area contributed by atoms with Crippen LogP contribution in [-0.2, 0) is 15.1 Å². The monoisotopic (exact) mass is 471 g/mol. The van der Waals surface area contributed by atoms with Crippen molar-refractivity contribution < 1.29 is 14.3 Å². The average molecular weight is 472 g/mol. The maximum Gasteiger partial charge on any atom is 0.250 e. The number of ether oxygens (including phenoxy) is 1. The van der Waals surface area contributed by atoms with Crippen molar-refractivity contribution in [2.45, 2.75) is 38.3 Å². The molecule has 1 saturated heterocycles. The number of hydrogen-bond acceptors (Lipinski definition) is 4. The second kappa shape index (κ2) is 8.04. The standard InChI is InChI=1S/C23H26BrN3O3/c1-13(2)10-16-12-19(21(28)25-15-5-7-17(30-3)8-6-15)23(27-16)18-11-14(24)4-9-20(18)26-22(23)29/h4-9,11,13,16,19,27H,10,12H2,1-3H3,(H,25,28)(H,26,29)/t16-,19-,23+/m0/s1. The van der Waals surface area contributed by atoms with Crippen LogP contribution in [0.15, 0.2) is 46.9 Å². The maximum absolute atomic E-state index is 13.4. The molecule has 2 aromatic rings. The van der Waals surface area contributed by atoms with Gasteiger partial charge in [-0.15, -0.1) is 0 Å². The number of methoxy groups -OCH3 is 1. The minimum Gasteiger partial charge on any atom is -0.497 e. The first-order valence-electron chi connectivity index (χ1n) is 10.2. The van der Waals surface area contributed by atoms with Crippen LogP contribution in [0.3, 0.4) is 0 Å². The SMILES string of the molecule is COc1ccc(NC(=O)[C@@H]2C[C@H](CC(C)C)N[C@@]23C(=O)Nc2ccc(Br)cc23)cc1. The first-order chi connectivity index (χ1) is 14.3. The van der Waals surface area contributed by atoms with E-state index < -0.39 is 11.5 Å². The Balaban J connectivity index is 1.69. The van der Waals surface area contributed by atoms with E-state index in [4.69, 9.17) is 4.74 Å². The number of carbonyl (C=O) groups excluding carboxylic acids is 2. The van der Waals surface area contributed by atoms with Gasteiger partial charge in [0, 0.05) is 27.5 Å². The number of rotatable bonds is 5. The zero-order valence-corrected chi connectivity index (χ0v) is 18.9. The number of fused-ring (bicyclic) bond motifs is 2. The van der Waals surface area contributed by atoms with Crippen molar-refractivity contribution in [2.75, 3.05) is 17.7 Å². The molecular formula is C23H26BrN3O3. The molecule has 0 radical (unpaired) electrons. The van der Waals surface area contributed by atoms with Crippen LogP contribution in [-0.4, -0.2) is 25.0 Å². The molecule has 2 amide bonds. The minimum absolute atomic E-state index is 0.0762. The predicted molar refractivity (Wildman–Crippen MR) is 121 cm³/mol. The van der Waals surface area contributed by atoms with Gasteiger partial charge in [-0.2, -0.15) is 0 Å². The molecule has 2 aliphatic rings. The lowest BCUT2D eigenvalue weighted by molar-refractivity contribution is -0.130. The van der Waals surface area contributed by atoms with Crippen LogP contribution in [0.25, 0.3) is 0 Å². The molecule has 158 valence electrons. The molecule has 1 fully saturated rings. The summed E-state index contributed by atoms with van der Waals surface area (Å²) in [5.41, 5.74) is 1.18. The molecule has 2 aliphatic heterocycles. The number of amides is 2. The number of nitrogens with one attached hydrogen (secondary N) is 3. The highest BCUT2D eigenvalue weighted by atomic mass is 79.9. The van der Waals surface area contributed by atoms with Crippen LogP contribution in [0.1, 0.15) is 32.3 Å². The van der Waals surface area contributed by atoms with Crippen LogP contribution in [0.4, 0.5) is 11.4 Å². The minimum atomic E-state index is -1.07. The van der Waals surface area contributed by atoms with Crippen LogP contribution in [0, 0.1) is 11.8 Å². The second-order valence-corrected chi connectivity index (χ2v) is 9.34. The summed E-state index contributed by atoms with van der Waals surface area (Å²) in [6.07, 6.45) is 1.49. The number of halogens is 1. The highest BCUT2D eigenvalue weighted by Gasteiger charge is 2.60. The Morgan fingerprint density at radius 2 is 2.00 bits per heavy atom. The van der Waals surface area contributed by atoms with Gasteiger partial charge in [0.25, 0.3) is 0 Å². The normalized spacial score (nSPS) is 24.8. The third-order valence-electron chi connectivity index (χ3n) is 5.92. The Morgan fingerprint density at radius 3 is 2.67 bits per heavy atom. The van der Waals surface area contributed by atoms with Crippen LogP contribution >= 0.6 is 15.9 Å². The van der Waals surface area contributed by atoms with Crippen LogP contribution < -0.4 is 20.7 Å². The number of hydrogen-bond donors (Lipinski definition) is 3. The molecule has 3 atom stereocenters. The largest absolute Gasteiger partial charge is 0.497 e. The molecule has 3 N–H and O–H groups in total. The topological polar surface area (TPSA) is 79.5 Å². The molecule has 0 aliphatic carbocycles.